The molecule has 1 aliphatic heterocycles. The highest BCUT2D eigenvalue weighted by molar-refractivity contribution is 8.00. The Morgan fingerprint density at radius 3 is 2.42 bits per heavy atom. The Labute approximate surface area is 308 Å². The van der Waals surface area contributed by atoms with Crippen LogP contribution >= 0.6 is 11.8 Å². The Balaban J connectivity index is 1.29. The van der Waals surface area contributed by atoms with E-state index in [1.54, 1.807) is 38.2 Å². The Kier molecular flexibility index (Phi) is 12.6. The van der Waals surface area contributed by atoms with Crippen LogP contribution in [-0.2, 0) is 32.1 Å². The van der Waals surface area contributed by atoms with Gasteiger partial charge in [-0.3, -0.25) is 24.2 Å². The molecule has 274 valence electrons. The van der Waals surface area contributed by atoms with Crippen molar-refractivity contribution in [3.8, 4) is 5.75 Å². The molecule has 1 fully saturated rings. The number of carbonyl (C=O) groups is 4. The average molecular weight is 726 g/mol. The van der Waals surface area contributed by atoms with Crippen molar-refractivity contribution in [2.24, 2.45) is 5.92 Å². The molecule has 4 atom stereocenters. The first kappa shape index (κ1) is 38.3. The van der Waals surface area contributed by atoms with Crippen LogP contribution in [0.1, 0.15) is 44.4 Å². The molecule has 5 rings (SSSR count). The minimum absolute atomic E-state index is 0.130. The monoisotopic (exact) mass is 725 g/mol. The van der Waals surface area contributed by atoms with Crippen LogP contribution < -0.4 is 20.7 Å². The maximum atomic E-state index is 14.1. The molecule has 0 unspecified atom stereocenters. The Bertz CT molecular complexity index is 1880. The van der Waals surface area contributed by atoms with Crippen molar-refractivity contribution < 1.29 is 29.0 Å². The van der Waals surface area contributed by atoms with E-state index in [9.17, 15) is 24.3 Å². The molecule has 2 heterocycles. The molecule has 52 heavy (non-hydrogen) atoms. The maximum absolute atomic E-state index is 14.1. The lowest BCUT2D eigenvalue weighted by atomic mass is 9.96. The summed E-state index contributed by atoms with van der Waals surface area (Å²) in [5.74, 6) is -1.73. The summed E-state index contributed by atoms with van der Waals surface area (Å²) in [6.45, 7) is 9.31. The van der Waals surface area contributed by atoms with Gasteiger partial charge in [0.1, 0.15) is 17.8 Å². The third kappa shape index (κ3) is 9.29. The van der Waals surface area contributed by atoms with Gasteiger partial charge in [0.05, 0.1) is 17.4 Å². The molecule has 11 nitrogen and oxygen atoms in total. The van der Waals surface area contributed by atoms with Gasteiger partial charge < -0.3 is 30.7 Å². The summed E-state index contributed by atoms with van der Waals surface area (Å²) in [5.41, 5.74) is 3.51. The lowest BCUT2D eigenvalue weighted by Crippen LogP contribution is -2.60. The van der Waals surface area contributed by atoms with Gasteiger partial charge in [0, 0.05) is 22.9 Å². The summed E-state index contributed by atoms with van der Waals surface area (Å²) in [7, 11) is 0. The highest BCUT2D eigenvalue weighted by Gasteiger charge is 2.50. The summed E-state index contributed by atoms with van der Waals surface area (Å²) >= 11 is 1.45. The van der Waals surface area contributed by atoms with Crippen molar-refractivity contribution in [3.05, 3.63) is 108 Å². The molecular weight excluding hydrogens is 679 g/mol. The summed E-state index contributed by atoms with van der Waals surface area (Å²) in [4.78, 5) is 60.5. The second kappa shape index (κ2) is 17.1. The van der Waals surface area contributed by atoms with Crippen molar-refractivity contribution in [2.45, 2.75) is 76.6 Å². The number of amides is 4. The van der Waals surface area contributed by atoms with Crippen molar-refractivity contribution in [1.29, 1.82) is 0 Å². The number of ether oxygens (including phenoxy) is 1. The number of benzene rings is 3. The van der Waals surface area contributed by atoms with Gasteiger partial charge in [0.15, 0.2) is 12.7 Å². The van der Waals surface area contributed by atoms with Gasteiger partial charge in [-0.1, -0.05) is 74.5 Å². The molecular formula is C40H47N5O6S. The number of aryl methyl sites for hydroxylation is 1. The number of nitrogens with one attached hydrogen (secondary N) is 3. The Morgan fingerprint density at radius 2 is 1.69 bits per heavy atom. The smallest absolute Gasteiger partial charge is 0.258 e. The number of rotatable bonds is 14. The SMILES string of the molecule is Cc1ccccc1CNC(=O)[C@H]1N(C(=O)[C@@H](O)[C@H](Cc2ccccc2)NC(=O)[C@@H](NC(=O)COc2cccc3ncccc23)C(C)C)CSC1(C)C. The number of nitrogens with zero attached hydrogens (tertiary/aromatic N) is 2. The van der Waals surface area contributed by atoms with Crippen LogP contribution in [0.2, 0.25) is 0 Å². The topological polar surface area (TPSA) is 150 Å². The largest absolute Gasteiger partial charge is 0.483 e. The minimum Gasteiger partial charge on any atom is -0.483 e. The normalized spacial score (nSPS) is 16.9. The summed E-state index contributed by atoms with van der Waals surface area (Å²) < 4.78 is 5.18. The first-order chi connectivity index (χ1) is 24.9. The molecule has 1 aromatic heterocycles. The number of hydrogen-bond acceptors (Lipinski definition) is 8. The lowest BCUT2D eigenvalue weighted by molar-refractivity contribution is -0.148. The van der Waals surface area contributed by atoms with E-state index in [4.69, 9.17) is 4.74 Å². The van der Waals surface area contributed by atoms with Gasteiger partial charge in [-0.2, -0.15) is 0 Å². The number of aromatic nitrogens is 1. The maximum Gasteiger partial charge on any atom is 0.258 e. The van der Waals surface area contributed by atoms with Crippen LogP contribution in [0.25, 0.3) is 10.9 Å². The molecule has 1 aliphatic rings. The van der Waals surface area contributed by atoms with Gasteiger partial charge in [-0.15, -0.1) is 11.8 Å². The highest BCUT2D eigenvalue weighted by Crippen LogP contribution is 2.40. The standard InChI is InChI=1S/C40H47N5O6S/c1-25(2)34(44-33(46)23-51-32-19-11-18-30-29(32)17-12-20-41-30)37(48)43-31(21-27-14-7-6-8-15-27)35(47)39(50)45-24-52-40(4,5)36(45)38(49)42-22-28-16-10-9-13-26(28)3/h6-20,25,31,34-36,47H,21-24H2,1-5H3,(H,42,49)(H,43,48)(H,44,46)/t31-,34-,35-,36+/m0/s1. The molecule has 0 saturated carbocycles. The first-order valence-electron chi connectivity index (χ1n) is 17.4. The van der Waals surface area contributed by atoms with Crippen LogP contribution in [0, 0.1) is 12.8 Å². The number of aliphatic hydroxyl groups excluding tert-OH is 1. The molecule has 4 amide bonds. The van der Waals surface area contributed by atoms with Crippen molar-refractivity contribution in [2.75, 3.05) is 12.5 Å². The fraction of sp³-hybridized carbons (Fsp3) is 0.375. The van der Waals surface area contributed by atoms with E-state index < -0.39 is 46.7 Å². The van der Waals surface area contributed by atoms with Gasteiger partial charge in [-0.05, 0) is 74.1 Å². The van der Waals surface area contributed by atoms with Crippen molar-refractivity contribution in [3.63, 3.8) is 0 Å². The number of aliphatic hydroxyl groups is 1. The molecule has 3 aromatic carbocycles. The van der Waals surface area contributed by atoms with Gasteiger partial charge >= 0.3 is 0 Å². The van der Waals surface area contributed by atoms with Crippen LogP contribution in [0.3, 0.4) is 0 Å². The van der Waals surface area contributed by atoms with Crippen molar-refractivity contribution >= 4 is 46.3 Å². The van der Waals surface area contributed by atoms with E-state index in [0.717, 1.165) is 27.6 Å². The van der Waals surface area contributed by atoms with Gasteiger partial charge in [-0.25, -0.2) is 0 Å². The third-order valence-electron chi connectivity index (χ3n) is 9.28. The minimum atomic E-state index is -1.68. The van der Waals surface area contributed by atoms with E-state index in [0.29, 0.717) is 12.3 Å². The molecule has 0 radical (unpaired) electrons. The number of thioether (sulfide) groups is 1. The van der Waals surface area contributed by atoms with Gasteiger partial charge in [0.2, 0.25) is 11.8 Å². The van der Waals surface area contributed by atoms with E-state index in [2.05, 4.69) is 20.9 Å². The zero-order valence-electron chi connectivity index (χ0n) is 30.2. The second-order valence-electron chi connectivity index (χ2n) is 13.9. The fourth-order valence-electron chi connectivity index (χ4n) is 6.32. The molecule has 0 aliphatic carbocycles. The number of pyridine rings is 1. The Morgan fingerprint density at radius 1 is 0.962 bits per heavy atom. The predicted octanol–water partition coefficient (Wildman–Crippen LogP) is 4.15. The molecule has 4 aromatic rings. The van der Waals surface area contributed by atoms with Crippen LogP contribution in [0.4, 0.5) is 0 Å². The Hall–Kier alpha value is -4.94. The highest BCUT2D eigenvalue weighted by atomic mass is 32.2. The molecule has 0 bridgehead atoms. The van der Waals surface area contributed by atoms with Gasteiger partial charge in [0.25, 0.3) is 11.8 Å². The van der Waals surface area contributed by atoms with E-state index in [1.165, 1.54) is 16.7 Å². The number of carbonyl (C=O) groups excluding carboxylic acids is 4. The lowest BCUT2D eigenvalue weighted by Gasteiger charge is -2.34. The quantitative estimate of drug-likeness (QED) is 0.152. The van der Waals surface area contributed by atoms with E-state index in [-0.39, 0.29) is 30.7 Å². The summed E-state index contributed by atoms with van der Waals surface area (Å²) in [6.07, 6.45) is 0.121. The van der Waals surface area contributed by atoms with Crippen LogP contribution in [0.5, 0.6) is 5.75 Å². The summed E-state index contributed by atoms with van der Waals surface area (Å²) in [6, 6.07) is 23.0. The average Bonchev–Trinajstić information content (AvgIpc) is 3.46. The van der Waals surface area contributed by atoms with Crippen LogP contribution in [-0.4, -0.2) is 80.1 Å². The van der Waals surface area contributed by atoms with Crippen molar-refractivity contribution in [1.82, 2.24) is 25.8 Å². The summed E-state index contributed by atoms with van der Waals surface area (Å²) in [5, 5.41) is 21.1. The van der Waals surface area contributed by atoms with E-state index >= 15 is 0 Å². The van der Waals surface area contributed by atoms with Crippen LogP contribution in [0.15, 0.2) is 91.1 Å². The predicted molar refractivity (Wildman–Crippen MR) is 202 cm³/mol. The number of fused-ring (bicyclic) bond motifs is 1. The second-order valence-corrected chi connectivity index (χ2v) is 15.5. The fourth-order valence-corrected chi connectivity index (χ4v) is 7.46. The third-order valence-corrected chi connectivity index (χ3v) is 10.7. The van der Waals surface area contributed by atoms with E-state index in [1.807, 2.05) is 87.5 Å². The molecule has 0 spiro atoms. The number of hydrogen-bond donors (Lipinski definition) is 4. The molecule has 1 saturated heterocycles. The zero-order chi connectivity index (χ0) is 37.4. The zero-order valence-corrected chi connectivity index (χ0v) is 31.0. The molecule has 12 heteroatoms. The molecule has 4 N–H and O–H groups in total. The first-order valence-corrected chi connectivity index (χ1v) is 18.4.